The van der Waals surface area contributed by atoms with Gasteiger partial charge in [0.15, 0.2) is 6.19 Å². The van der Waals surface area contributed by atoms with Crippen molar-refractivity contribution in [3.63, 3.8) is 0 Å². The maximum absolute atomic E-state index is 13.0. The number of furan rings is 1. The highest BCUT2D eigenvalue weighted by Gasteiger charge is 2.21. The van der Waals surface area contributed by atoms with E-state index in [4.69, 9.17) is 14.4 Å². The predicted octanol–water partition coefficient (Wildman–Crippen LogP) is 3.72. The maximum atomic E-state index is 13.0. The molecule has 204 valence electrons. The third kappa shape index (κ3) is 8.61. The largest absolute Gasteiger partial charge is 0.467 e. The number of rotatable bonds is 13. The summed E-state index contributed by atoms with van der Waals surface area (Å²) < 4.78 is 10.9. The Labute approximate surface area is 226 Å². The fourth-order valence-corrected chi connectivity index (χ4v) is 5.03. The zero-order valence-corrected chi connectivity index (χ0v) is 22.3. The minimum Gasteiger partial charge on any atom is -0.467 e. The van der Waals surface area contributed by atoms with Gasteiger partial charge in [0.05, 0.1) is 26.0 Å². The van der Waals surface area contributed by atoms with Crippen LogP contribution in [-0.2, 0) is 29.2 Å². The molecule has 2 aliphatic heterocycles. The van der Waals surface area contributed by atoms with Crippen molar-refractivity contribution < 1.29 is 13.9 Å². The molecule has 0 spiro atoms. The molecule has 2 aromatic rings. The lowest BCUT2D eigenvalue weighted by Gasteiger charge is -2.28. The molecule has 4 rings (SSSR count). The number of nitrogens with zero attached hydrogens (tertiary/aromatic N) is 5. The Bertz CT molecular complexity index is 1030. The Kier molecular flexibility index (Phi) is 11.0. The van der Waals surface area contributed by atoms with Gasteiger partial charge in [0.2, 0.25) is 11.9 Å². The third-order valence-corrected chi connectivity index (χ3v) is 7.15. The van der Waals surface area contributed by atoms with Crippen molar-refractivity contribution in [3.05, 3.63) is 59.5 Å². The van der Waals surface area contributed by atoms with Crippen molar-refractivity contribution >= 4 is 11.9 Å². The van der Waals surface area contributed by atoms with E-state index in [0.29, 0.717) is 25.5 Å². The standard InChI is InChI=1S/C29H40N6O3/c30-24-32-29(35-21-25-9-4-5-10-26(25)22-35)31-13-6-2-1-3-12-28(36)34(23-27-11-7-18-38-27)15-8-14-33-16-19-37-20-17-33/h4-5,7,9-11,18H,1-3,6,8,12-17,19-23H2,(H,31,32). The molecule has 1 aromatic heterocycles. The van der Waals surface area contributed by atoms with Crippen LogP contribution < -0.4 is 5.32 Å². The molecule has 0 aliphatic carbocycles. The first-order chi connectivity index (χ1) is 18.7. The second kappa shape index (κ2) is 15.2. The van der Waals surface area contributed by atoms with Crippen LogP contribution in [0.15, 0.2) is 52.1 Å². The van der Waals surface area contributed by atoms with Crippen LogP contribution in [0.4, 0.5) is 0 Å². The highest BCUT2D eigenvalue weighted by molar-refractivity contribution is 5.82. The van der Waals surface area contributed by atoms with Crippen LogP contribution in [0.1, 0.15) is 55.4 Å². The number of hydrogen-bond acceptors (Lipinski definition) is 6. The van der Waals surface area contributed by atoms with Crippen LogP contribution in [0.5, 0.6) is 0 Å². The number of benzene rings is 1. The molecular weight excluding hydrogens is 480 g/mol. The van der Waals surface area contributed by atoms with Crippen molar-refractivity contribution in [3.8, 4) is 6.19 Å². The molecule has 9 nitrogen and oxygen atoms in total. The fourth-order valence-electron chi connectivity index (χ4n) is 5.03. The van der Waals surface area contributed by atoms with Gasteiger partial charge < -0.3 is 19.0 Å². The summed E-state index contributed by atoms with van der Waals surface area (Å²) in [5, 5.41) is 11.9. The van der Waals surface area contributed by atoms with Gasteiger partial charge in [0.25, 0.3) is 0 Å². The molecule has 1 fully saturated rings. The highest BCUT2D eigenvalue weighted by atomic mass is 16.5. The summed E-state index contributed by atoms with van der Waals surface area (Å²) in [6.07, 6.45) is 8.98. The molecule has 1 saturated heterocycles. The Morgan fingerprint density at radius 2 is 1.79 bits per heavy atom. The number of unbranched alkanes of at least 4 members (excludes halogenated alkanes) is 3. The zero-order valence-electron chi connectivity index (χ0n) is 22.3. The van der Waals surface area contributed by atoms with E-state index >= 15 is 0 Å². The van der Waals surface area contributed by atoms with E-state index in [-0.39, 0.29) is 5.91 Å². The quantitative estimate of drug-likeness (QED) is 0.141. The fraction of sp³-hybridized carbons (Fsp3) is 0.552. The van der Waals surface area contributed by atoms with Gasteiger partial charge in [-0.25, -0.2) is 0 Å². The third-order valence-electron chi connectivity index (χ3n) is 7.15. The number of ether oxygens (including phenoxy) is 1. The molecule has 38 heavy (non-hydrogen) atoms. The average molecular weight is 521 g/mol. The minimum absolute atomic E-state index is 0.190. The summed E-state index contributed by atoms with van der Waals surface area (Å²) in [5.41, 5.74) is 2.57. The average Bonchev–Trinajstić information content (AvgIpc) is 3.62. The Hall–Kier alpha value is -3.35. The van der Waals surface area contributed by atoms with Crippen molar-refractivity contribution in [1.29, 1.82) is 5.26 Å². The van der Waals surface area contributed by atoms with Crippen LogP contribution in [0.3, 0.4) is 0 Å². The molecular formula is C29H40N6O3. The van der Waals surface area contributed by atoms with Gasteiger partial charge in [-0.2, -0.15) is 5.26 Å². The van der Waals surface area contributed by atoms with Crippen molar-refractivity contribution in [2.24, 2.45) is 4.99 Å². The molecule has 2 aliphatic rings. The van der Waals surface area contributed by atoms with Crippen molar-refractivity contribution in [2.45, 2.75) is 58.2 Å². The number of nitriles is 1. The van der Waals surface area contributed by atoms with Crippen molar-refractivity contribution in [1.82, 2.24) is 20.0 Å². The monoisotopic (exact) mass is 520 g/mol. The van der Waals surface area contributed by atoms with E-state index in [1.165, 1.54) is 11.1 Å². The van der Waals surface area contributed by atoms with Gasteiger partial charge in [-0.1, -0.05) is 37.1 Å². The number of aliphatic imine (C=N–C) groups is 1. The second-order valence-corrected chi connectivity index (χ2v) is 9.93. The number of amides is 1. The lowest BCUT2D eigenvalue weighted by molar-refractivity contribution is -0.132. The van der Waals surface area contributed by atoms with E-state index in [9.17, 15) is 4.79 Å². The van der Waals surface area contributed by atoms with Crippen LogP contribution in [-0.4, -0.2) is 72.5 Å². The van der Waals surface area contributed by atoms with E-state index in [0.717, 1.165) is 90.3 Å². The minimum atomic E-state index is 0.190. The first-order valence-electron chi connectivity index (χ1n) is 13.8. The van der Waals surface area contributed by atoms with Crippen molar-refractivity contribution in [2.75, 3.05) is 45.9 Å². The molecule has 1 amide bonds. The number of morpholine rings is 1. The first-order valence-corrected chi connectivity index (χ1v) is 13.8. The van der Waals surface area contributed by atoms with Gasteiger partial charge >= 0.3 is 0 Å². The molecule has 0 saturated carbocycles. The normalized spacial score (nSPS) is 15.8. The number of nitrogens with one attached hydrogen (secondary N) is 1. The van der Waals surface area contributed by atoms with E-state index < -0.39 is 0 Å². The maximum Gasteiger partial charge on any atom is 0.222 e. The van der Waals surface area contributed by atoms with Gasteiger partial charge in [0.1, 0.15) is 5.76 Å². The molecule has 0 atom stereocenters. The number of guanidine groups is 1. The van der Waals surface area contributed by atoms with Crippen LogP contribution in [0, 0.1) is 11.5 Å². The Balaban J connectivity index is 1.15. The lowest BCUT2D eigenvalue weighted by Crippen LogP contribution is -2.39. The lowest BCUT2D eigenvalue weighted by atomic mass is 10.1. The molecule has 0 unspecified atom stereocenters. The molecule has 1 aromatic carbocycles. The van der Waals surface area contributed by atoms with E-state index in [2.05, 4.69) is 32.2 Å². The first kappa shape index (κ1) is 27.7. The zero-order chi connectivity index (χ0) is 26.4. The van der Waals surface area contributed by atoms with Crippen LogP contribution in [0.25, 0.3) is 0 Å². The SMILES string of the molecule is N#CNC(=NCCCCCCC(=O)N(CCCN1CCOCC1)Cc1ccco1)N1Cc2ccccc2C1. The van der Waals surface area contributed by atoms with Crippen LogP contribution >= 0.6 is 0 Å². The molecule has 9 heteroatoms. The van der Waals surface area contributed by atoms with E-state index in [1.54, 1.807) is 6.26 Å². The molecule has 3 heterocycles. The van der Waals surface area contributed by atoms with E-state index in [1.807, 2.05) is 35.4 Å². The summed E-state index contributed by atoms with van der Waals surface area (Å²) in [4.78, 5) is 24.1. The highest BCUT2D eigenvalue weighted by Crippen LogP contribution is 2.22. The predicted molar refractivity (Wildman–Crippen MR) is 146 cm³/mol. The Morgan fingerprint density at radius 3 is 2.50 bits per heavy atom. The second-order valence-electron chi connectivity index (χ2n) is 9.93. The number of hydrogen-bond donors (Lipinski definition) is 1. The Morgan fingerprint density at radius 1 is 1.03 bits per heavy atom. The molecule has 0 bridgehead atoms. The smallest absolute Gasteiger partial charge is 0.222 e. The summed E-state index contributed by atoms with van der Waals surface area (Å²) in [6.45, 7) is 7.98. The summed E-state index contributed by atoms with van der Waals surface area (Å²) >= 11 is 0. The van der Waals surface area contributed by atoms with Gasteiger partial charge in [-0.05, 0) is 42.5 Å². The topological polar surface area (TPSA) is 97.3 Å². The number of carbonyl (C=O) groups excluding carboxylic acids is 1. The van der Waals surface area contributed by atoms with Gasteiger partial charge in [-0.3, -0.25) is 20.0 Å². The summed E-state index contributed by atoms with van der Waals surface area (Å²) in [7, 11) is 0. The molecule has 0 radical (unpaired) electrons. The summed E-state index contributed by atoms with van der Waals surface area (Å²) in [6, 6.07) is 12.1. The molecule has 1 N–H and O–H groups in total. The summed E-state index contributed by atoms with van der Waals surface area (Å²) in [5.74, 6) is 1.66. The van der Waals surface area contributed by atoms with Crippen LogP contribution in [0.2, 0.25) is 0 Å². The number of carbonyl (C=O) groups is 1. The number of fused-ring (bicyclic) bond motifs is 1. The van der Waals surface area contributed by atoms with Gasteiger partial charge in [0, 0.05) is 52.2 Å². The van der Waals surface area contributed by atoms with Gasteiger partial charge in [-0.15, -0.1) is 0 Å².